The number of rotatable bonds is 5. The van der Waals surface area contributed by atoms with Crippen LogP contribution in [-0.2, 0) is 4.79 Å². The Morgan fingerprint density at radius 2 is 1.95 bits per heavy atom. The molecule has 0 aliphatic rings. The zero-order valence-electron chi connectivity index (χ0n) is 12.0. The van der Waals surface area contributed by atoms with Gasteiger partial charge in [-0.05, 0) is 36.2 Å². The van der Waals surface area contributed by atoms with Gasteiger partial charge in [0.05, 0.1) is 11.9 Å². The van der Waals surface area contributed by atoms with Crippen LogP contribution >= 0.6 is 11.6 Å². The lowest BCUT2D eigenvalue weighted by Gasteiger charge is -2.08. The first kappa shape index (κ1) is 15.3. The van der Waals surface area contributed by atoms with E-state index >= 15 is 0 Å². The number of amides is 1. The average molecular weight is 305 g/mol. The number of anilines is 1. The van der Waals surface area contributed by atoms with Crippen molar-refractivity contribution in [2.24, 2.45) is 5.92 Å². The summed E-state index contributed by atoms with van der Waals surface area (Å²) in [6.07, 6.45) is 2.06. The average Bonchev–Trinajstić information content (AvgIpc) is 2.42. The minimum absolute atomic E-state index is 0.0156. The van der Waals surface area contributed by atoms with Gasteiger partial charge in [0.25, 0.3) is 0 Å². The zero-order chi connectivity index (χ0) is 15.2. The van der Waals surface area contributed by atoms with Gasteiger partial charge in [0.1, 0.15) is 5.75 Å². The SMILES string of the molecule is CC(C)CC(=O)Nc1ccc(Oc2ccc(Cl)cc2)nc1. The number of ether oxygens (including phenoxy) is 1. The second-order valence-electron chi connectivity index (χ2n) is 5.09. The maximum absolute atomic E-state index is 11.6. The molecule has 1 heterocycles. The Balaban J connectivity index is 1.95. The van der Waals surface area contributed by atoms with Crippen molar-refractivity contribution in [3.63, 3.8) is 0 Å². The van der Waals surface area contributed by atoms with Crippen LogP contribution in [0.1, 0.15) is 20.3 Å². The summed E-state index contributed by atoms with van der Waals surface area (Å²) in [5.74, 6) is 1.42. The lowest BCUT2D eigenvalue weighted by Crippen LogP contribution is -2.13. The molecule has 0 aliphatic heterocycles. The smallest absolute Gasteiger partial charge is 0.224 e. The number of hydrogen-bond donors (Lipinski definition) is 1. The Kier molecular flexibility index (Phi) is 5.17. The minimum Gasteiger partial charge on any atom is -0.439 e. The van der Waals surface area contributed by atoms with E-state index < -0.39 is 0 Å². The fraction of sp³-hybridized carbons (Fsp3) is 0.250. The van der Waals surface area contributed by atoms with Gasteiger partial charge in [0, 0.05) is 17.5 Å². The molecule has 0 radical (unpaired) electrons. The van der Waals surface area contributed by atoms with Crippen molar-refractivity contribution >= 4 is 23.2 Å². The molecule has 2 aromatic rings. The highest BCUT2D eigenvalue weighted by Crippen LogP contribution is 2.22. The first-order valence-corrected chi connectivity index (χ1v) is 7.10. The van der Waals surface area contributed by atoms with Crippen molar-refractivity contribution in [2.45, 2.75) is 20.3 Å². The maximum Gasteiger partial charge on any atom is 0.224 e. The fourth-order valence-corrected chi connectivity index (χ4v) is 1.85. The van der Waals surface area contributed by atoms with Crippen LogP contribution < -0.4 is 10.1 Å². The van der Waals surface area contributed by atoms with Crippen molar-refractivity contribution < 1.29 is 9.53 Å². The Morgan fingerprint density at radius 1 is 1.24 bits per heavy atom. The van der Waals surface area contributed by atoms with Crippen LogP contribution in [0.3, 0.4) is 0 Å². The maximum atomic E-state index is 11.6. The van der Waals surface area contributed by atoms with Gasteiger partial charge in [-0.25, -0.2) is 4.98 Å². The third-order valence-electron chi connectivity index (χ3n) is 2.65. The first-order valence-electron chi connectivity index (χ1n) is 6.72. The number of hydrogen-bond acceptors (Lipinski definition) is 3. The summed E-state index contributed by atoms with van der Waals surface area (Å²) in [4.78, 5) is 15.8. The highest BCUT2D eigenvalue weighted by atomic mass is 35.5. The van der Waals surface area contributed by atoms with Gasteiger partial charge in [0.15, 0.2) is 0 Å². The van der Waals surface area contributed by atoms with E-state index in [4.69, 9.17) is 16.3 Å². The molecule has 1 N–H and O–H groups in total. The Labute approximate surface area is 129 Å². The van der Waals surface area contributed by atoms with Crippen molar-refractivity contribution in [1.29, 1.82) is 0 Å². The van der Waals surface area contributed by atoms with Gasteiger partial charge < -0.3 is 10.1 Å². The van der Waals surface area contributed by atoms with Gasteiger partial charge in [-0.15, -0.1) is 0 Å². The quantitative estimate of drug-likeness (QED) is 0.884. The van der Waals surface area contributed by atoms with Crippen molar-refractivity contribution in [2.75, 3.05) is 5.32 Å². The number of pyridine rings is 1. The van der Waals surface area contributed by atoms with E-state index in [0.717, 1.165) is 0 Å². The Hall–Kier alpha value is -2.07. The normalized spacial score (nSPS) is 10.5. The number of nitrogens with one attached hydrogen (secondary N) is 1. The van der Waals surface area contributed by atoms with Crippen LogP contribution in [0, 0.1) is 5.92 Å². The molecule has 0 spiro atoms. The fourth-order valence-electron chi connectivity index (χ4n) is 1.72. The van der Waals surface area contributed by atoms with Crippen LogP contribution in [-0.4, -0.2) is 10.9 Å². The van der Waals surface area contributed by atoms with Crippen molar-refractivity contribution in [3.8, 4) is 11.6 Å². The topological polar surface area (TPSA) is 51.2 Å². The Bertz CT molecular complexity index is 595. The van der Waals surface area contributed by atoms with E-state index in [0.29, 0.717) is 34.7 Å². The number of benzene rings is 1. The minimum atomic E-state index is -0.0156. The summed E-state index contributed by atoms with van der Waals surface area (Å²) in [7, 11) is 0. The second-order valence-corrected chi connectivity index (χ2v) is 5.52. The predicted octanol–water partition coefficient (Wildman–Crippen LogP) is 4.51. The third kappa shape index (κ3) is 5.08. The van der Waals surface area contributed by atoms with Crippen molar-refractivity contribution in [1.82, 2.24) is 4.98 Å². The van der Waals surface area contributed by atoms with Gasteiger partial charge >= 0.3 is 0 Å². The van der Waals surface area contributed by atoms with Crippen molar-refractivity contribution in [3.05, 3.63) is 47.6 Å². The molecule has 1 aromatic carbocycles. The van der Waals surface area contributed by atoms with Gasteiger partial charge in [0.2, 0.25) is 11.8 Å². The van der Waals surface area contributed by atoms with Crippen LogP contribution in [0.15, 0.2) is 42.6 Å². The lowest BCUT2D eigenvalue weighted by molar-refractivity contribution is -0.116. The zero-order valence-corrected chi connectivity index (χ0v) is 12.7. The molecule has 2 rings (SSSR count). The van der Waals surface area contributed by atoms with E-state index in [2.05, 4.69) is 10.3 Å². The van der Waals surface area contributed by atoms with E-state index in [1.807, 2.05) is 13.8 Å². The largest absolute Gasteiger partial charge is 0.439 e. The molecule has 0 atom stereocenters. The molecule has 1 amide bonds. The molecular weight excluding hydrogens is 288 g/mol. The Morgan fingerprint density at radius 3 is 2.52 bits per heavy atom. The summed E-state index contributed by atoms with van der Waals surface area (Å²) in [5.41, 5.74) is 0.657. The molecule has 0 bridgehead atoms. The second kappa shape index (κ2) is 7.09. The molecular formula is C16H17ClN2O2. The van der Waals surface area contributed by atoms with Gasteiger partial charge in [-0.3, -0.25) is 4.79 Å². The number of halogens is 1. The summed E-state index contributed by atoms with van der Waals surface area (Å²) in [6, 6.07) is 10.5. The number of carbonyl (C=O) groups excluding carboxylic acids is 1. The van der Waals surface area contributed by atoms with Crippen LogP contribution in [0.25, 0.3) is 0 Å². The molecule has 0 fully saturated rings. The van der Waals surface area contributed by atoms with Crippen LogP contribution in [0.2, 0.25) is 5.02 Å². The highest BCUT2D eigenvalue weighted by molar-refractivity contribution is 6.30. The van der Waals surface area contributed by atoms with Gasteiger partial charge in [-0.2, -0.15) is 0 Å². The van der Waals surface area contributed by atoms with Crippen LogP contribution in [0.5, 0.6) is 11.6 Å². The number of carbonyl (C=O) groups is 1. The molecule has 5 heteroatoms. The van der Waals surface area contributed by atoms with E-state index in [-0.39, 0.29) is 5.91 Å². The van der Waals surface area contributed by atoms with E-state index in [1.165, 1.54) is 0 Å². The van der Waals surface area contributed by atoms with Gasteiger partial charge in [-0.1, -0.05) is 25.4 Å². The molecule has 0 saturated carbocycles. The predicted molar refractivity (Wildman–Crippen MR) is 83.8 cm³/mol. The molecule has 110 valence electrons. The van der Waals surface area contributed by atoms with E-state index in [1.54, 1.807) is 42.6 Å². The monoisotopic (exact) mass is 304 g/mol. The standard InChI is InChI=1S/C16H17ClN2O2/c1-11(2)9-15(20)19-13-5-8-16(18-10-13)21-14-6-3-12(17)4-7-14/h3-8,10-11H,9H2,1-2H3,(H,19,20). The summed E-state index contributed by atoms with van der Waals surface area (Å²) >= 11 is 5.81. The van der Waals surface area contributed by atoms with E-state index in [9.17, 15) is 4.79 Å². The van der Waals surface area contributed by atoms with Crippen LogP contribution in [0.4, 0.5) is 5.69 Å². The first-order chi connectivity index (χ1) is 10.0. The highest BCUT2D eigenvalue weighted by Gasteiger charge is 2.06. The molecule has 1 aromatic heterocycles. The summed E-state index contributed by atoms with van der Waals surface area (Å²) in [5, 5.41) is 3.45. The molecule has 4 nitrogen and oxygen atoms in total. The molecule has 0 unspecified atom stereocenters. The third-order valence-corrected chi connectivity index (χ3v) is 2.90. The lowest BCUT2D eigenvalue weighted by atomic mass is 10.1. The number of nitrogens with zero attached hydrogens (tertiary/aromatic N) is 1. The molecule has 0 saturated heterocycles. The molecule has 0 aliphatic carbocycles. The summed E-state index contributed by atoms with van der Waals surface area (Å²) in [6.45, 7) is 4.00. The number of aromatic nitrogens is 1. The summed E-state index contributed by atoms with van der Waals surface area (Å²) < 4.78 is 5.58. The molecule has 21 heavy (non-hydrogen) atoms.